The van der Waals surface area contributed by atoms with E-state index in [2.05, 4.69) is 4.98 Å². The van der Waals surface area contributed by atoms with Crippen LogP contribution in [0.2, 0.25) is 0 Å². The molecular formula is C16H16N2O2. The number of carbonyl (C=O) groups is 1. The molecule has 102 valence electrons. The Morgan fingerprint density at radius 3 is 2.80 bits per heavy atom. The number of rotatable bonds is 2. The van der Waals surface area contributed by atoms with Crippen molar-refractivity contribution in [3.05, 3.63) is 59.4 Å². The van der Waals surface area contributed by atoms with Gasteiger partial charge in [0.25, 0.3) is 5.91 Å². The zero-order chi connectivity index (χ0) is 14.3. The van der Waals surface area contributed by atoms with Crippen LogP contribution in [0.5, 0.6) is 0 Å². The van der Waals surface area contributed by atoms with E-state index in [1.807, 2.05) is 37.3 Å². The molecule has 1 N–H and O–H groups in total. The third-order valence-electron chi connectivity index (χ3n) is 3.78. The van der Waals surface area contributed by atoms with Crippen LogP contribution in [0.4, 0.5) is 5.69 Å². The Hall–Kier alpha value is -2.20. The normalized spacial score (nSPS) is 21.1. The highest BCUT2D eigenvalue weighted by Crippen LogP contribution is 2.40. The number of hydrogen-bond acceptors (Lipinski definition) is 3. The number of carbonyl (C=O) groups excluding carboxylic acids is 1. The molecular weight excluding hydrogens is 252 g/mol. The molecule has 1 atom stereocenters. The maximum absolute atomic E-state index is 12.4. The molecule has 2 aromatic rings. The minimum atomic E-state index is -1.52. The highest BCUT2D eigenvalue weighted by Gasteiger charge is 2.48. The molecule has 0 saturated carbocycles. The van der Waals surface area contributed by atoms with E-state index in [1.165, 1.54) is 4.90 Å². The van der Waals surface area contributed by atoms with Crippen molar-refractivity contribution in [2.24, 2.45) is 0 Å². The van der Waals surface area contributed by atoms with E-state index in [-0.39, 0.29) is 12.3 Å². The standard InChI is InChI=1S/C16H16N2O2/c1-11-7-8-17-12(9-11)10-16(20)13-5-3-4-6-14(13)18(2)15(16)19/h3-9,20H,10H2,1-2H3/t16-/m1/s1. The molecule has 0 unspecified atom stereocenters. The lowest BCUT2D eigenvalue weighted by atomic mass is 9.90. The lowest BCUT2D eigenvalue weighted by molar-refractivity contribution is -0.135. The molecule has 1 aromatic carbocycles. The highest BCUT2D eigenvalue weighted by molar-refractivity contribution is 6.06. The molecule has 4 nitrogen and oxygen atoms in total. The Morgan fingerprint density at radius 1 is 1.30 bits per heavy atom. The molecule has 1 amide bonds. The molecule has 20 heavy (non-hydrogen) atoms. The smallest absolute Gasteiger partial charge is 0.263 e. The van der Waals surface area contributed by atoms with Gasteiger partial charge in [-0.25, -0.2) is 0 Å². The largest absolute Gasteiger partial charge is 0.375 e. The molecule has 0 saturated heterocycles. The van der Waals surface area contributed by atoms with E-state index in [0.29, 0.717) is 11.3 Å². The molecule has 2 heterocycles. The lowest BCUT2D eigenvalue weighted by Gasteiger charge is -2.21. The minimum Gasteiger partial charge on any atom is -0.375 e. The van der Waals surface area contributed by atoms with E-state index >= 15 is 0 Å². The van der Waals surface area contributed by atoms with Crippen LogP contribution >= 0.6 is 0 Å². The molecule has 3 rings (SSSR count). The Morgan fingerprint density at radius 2 is 2.05 bits per heavy atom. The first-order chi connectivity index (χ1) is 9.52. The van der Waals surface area contributed by atoms with Gasteiger partial charge in [0.05, 0.1) is 5.69 Å². The quantitative estimate of drug-likeness (QED) is 0.903. The van der Waals surface area contributed by atoms with Crippen molar-refractivity contribution in [3.63, 3.8) is 0 Å². The van der Waals surface area contributed by atoms with Gasteiger partial charge >= 0.3 is 0 Å². The second-order valence-electron chi connectivity index (χ2n) is 5.24. The summed E-state index contributed by atoms with van der Waals surface area (Å²) >= 11 is 0. The average Bonchev–Trinajstić information content (AvgIpc) is 2.62. The average molecular weight is 268 g/mol. The first-order valence-corrected chi connectivity index (χ1v) is 6.54. The number of aliphatic hydroxyl groups is 1. The third-order valence-corrected chi connectivity index (χ3v) is 3.78. The molecule has 4 heteroatoms. The lowest BCUT2D eigenvalue weighted by Crippen LogP contribution is -2.40. The van der Waals surface area contributed by atoms with E-state index in [4.69, 9.17) is 0 Å². The van der Waals surface area contributed by atoms with Crippen LogP contribution in [0.1, 0.15) is 16.8 Å². The fourth-order valence-electron chi connectivity index (χ4n) is 2.75. The van der Waals surface area contributed by atoms with Gasteiger partial charge in [-0.2, -0.15) is 0 Å². The number of pyridine rings is 1. The van der Waals surface area contributed by atoms with Gasteiger partial charge in [0, 0.05) is 30.9 Å². The molecule has 0 bridgehead atoms. The van der Waals surface area contributed by atoms with Gasteiger partial charge in [-0.15, -0.1) is 0 Å². The van der Waals surface area contributed by atoms with Gasteiger partial charge in [-0.1, -0.05) is 18.2 Å². The number of hydrogen-bond donors (Lipinski definition) is 1. The minimum absolute atomic E-state index is 0.189. The van der Waals surface area contributed by atoms with Crippen LogP contribution in [-0.2, 0) is 16.8 Å². The maximum Gasteiger partial charge on any atom is 0.263 e. The van der Waals surface area contributed by atoms with Crippen LogP contribution in [0, 0.1) is 6.92 Å². The second kappa shape index (κ2) is 4.42. The summed E-state index contributed by atoms with van der Waals surface area (Å²) in [7, 11) is 1.68. The van der Waals surface area contributed by atoms with E-state index in [1.54, 1.807) is 19.3 Å². The number of fused-ring (bicyclic) bond motifs is 1. The Kier molecular flexibility index (Phi) is 2.83. The zero-order valence-electron chi connectivity index (χ0n) is 11.5. The Balaban J connectivity index is 2.05. The number of para-hydroxylation sites is 1. The first-order valence-electron chi connectivity index (χ1n) is 6.54. The van der Waals surface area contributed by atoms with Crippen LogP contribution in [0.15, 0.2) is 42.6 Å². The van der Waals surface area contributed by atoms with E-state index < -0.39 is 5.60 Å². The number of amides is 1. The van der Waals surface area contributed by atoms with Gasteiger partial charge in [0.2, 0.25) is 0 Å². The highest BCUT2D eigenvalue weighted by atomic mass is 16.3. The predicted octanol–water partition coefficient (Wildman–Crippen LogP) is 1.80. The Bertz CT molecular complexity index is 684. The monoisotopic (exact) mass is 268 g/mol. The number of likely N-dealkylation sites (N-methyl/N-ethyl adjacent to an activating group) is 1. The summed E-state index contributed by atoms with van der Waals surface area (Å²) in [5.74, 6) is -0.304. The first kappa shape index (κ1) is 12.8. The van der Waals surface area contributed by atoms with E-state index in [9.17, 15) is 9.90 Å². The van der Waals surface area contributed by atoms with Crippen LogP contribution in [0.25, 0.3) is 0 Å². The van der Waals surface area contributed by atoms with Gasteiger partial charge in [-0.05, 0) is 30.7 Å². The van der Waals surface area contributed by atoms with Crippen LogP contribution in [0.3, 0.4) is 0 Å². The van der Waals surface area contributed by atoms with Crippen LogP contribution < -0.4 is 4.90 Å². The van der Waals surface area contributed by atoms with Gasteiger partial charge in [0.15, 0.2) is 5.60 Å². The van der Waals surface area contributed by atoms with Crippen molar-refractivity contribution >= 4 is 11.6 Å². The van der Waals surface area contributed by atoms with Crippen molar-refractivity contribution in [2.45, 2.75) is 18.9 Å². The molecule has 1 aromatic heterocycles. The van der Waals surface area contributed by atoms with Gasteiger partial charge < -0.3 is 10.0 Å². The summed E-state index contributed by atoms with van der Waals surface area (Å²) in [6.45, 7) is 1.96. The van der Waals surface area contributed by atoms with Crippen molar-refractivity contribution < 1.29 is 9.90 Å². The van der Waals surface area contributed by atoms with Crippen molar-refractivity contribution in [2.75, 3.05) is 11.9 Å². The number of benzene rings is 1. The number of nitrogens with zero attached hydrogens (tertiary/aromatic N) is 2. The summed E-state index contributed by atoms with van der Waals surface area (Å²) < 4.78 is 0. The van der Waals surface area contributed by atoms with Crippen molar-refractivity contribution in [1.82, 2.24) is 4.98 Å². The maximum atomic E-state index is 12.4. The molecule has 0 fully saturated rings. The van der Waals surface area contributed by atoms with Gasteiger partial charge in [-0.3, -0.25) is 9.78 Å². The summed E-state index contributed by atoms with van der Waals surface area (Å²) in [6.07, 6.45) is 1.89. The van der Waals surface area contributed by atoms with Crippen molar-refractivity contribution in [1.29, 1.82) is 0 Å². The third kappa shape index (κ3) is 1.80. The molecule has 0 radical (unpaired) electrons. The predicted molar refractivity (Wildman–Crippen MR) is 76.4 cm³/mol. The molecule has 0 spiro atoms. The van der Waals surface area contributed by atoms with Crippen LogP contribution in [-0.4, -0.2) is 23.0 Å². The van der Waals surface area contributed by atoms with Gasteiger partial charge in [0.1, 0.15) is 0 Å². The topological polar surface area (TPSA) is 53.4 Å². The molecule has 0 aliphatic carbocycles. The summed E-state index contributed by atoms with van der Waals surface area (Å²) in [5, 5.41) is 10.9. The SMILES string of the molecule is Cc1ccnc(C[C@]2(O)C(=O)N(C)c3ccccc32)c1. The summed E-state index contributed by atoms with van der Waals surface area (Å²) in [6, 6.07) is 11.1. The number of aryl methyl sites for hydroxylation is 1. The van der Waals surface area contributed by atoms with E-state index in [0.717, 1.165) is 11.3 Å². The fraction of sp³-hybridized carbons (Fsp3) is 0.250. The summed E-state index contributed by atoms with van der Waals surface area (Å²) in [4.78, 5) is 18.2. The summed E-state index contributed by atoms with van der Waals surface area (Å²) in [5.41, 5.74) is 1.66. The second-order valence-corrected chi connectivity index (χ2v) is 5.24. The van der Waals surface area contributed by atoms with Crippen molar-refractivity contribution in [3.8, 4) is 0 Å². The fourth-order valence-corrected chi connectivity index (χ4v) is 2.75. The molecule has 1 aliphatic rings. The number of aromatic nitrogens is 1. The zero-order valence-corrected chi connectivity index (χ0v) is 11.5. The number of anilines is 1. The molecule has 1 aliphatic heterocycles. The Labute approximate surface area is 117 Å².